The predicted octanol–water partition coefficient (Wildman–Crippen LogP) is 3.85. The molecule has 2 rings (SSSR count). The van der Waals surface area contributed by atoms with Crippen molar-refractivity contribution in [2.24, 2.45) is 23.2 Å². The highest BCUT2D eigenvalue weighted by Gasteiger charge is 2.65. The first-order valence-electron chi connectivity index (χ1n) is 14.6. The third-order valence-electron chi connectivity index (χ3n) is 8.10. The Kier molecular flexibility index (Phi) is 11.6. The molecular weight excluding hydrogens is 560 g/mol. The Labute approximate surface area is 253 Å². The van der Waals surface area contributed by atoms with Gasteiger partial charge in [-0.1, -0.05) is 39.5 Å². The second-order valence-corrected chi connectivity index (χ2v) is 12.3. The van der Waals surface area contributed by atoms with Gasteiger partial charge in [-0.2, -0.15) is 0 Å². The summed E-state index contributed by atoms with van der Waals surface area (Å²) in [5.41, 5.74) is -3.27. The van der Waals surface area contributed by atoms with E-state index >= 15 is 0 Å². The first kappa shape index (κ1) is 35.9. The molecule has 11 nitrogen and oxygen atoms in total. The first-order chi connectivity index (χ1) is 19.8. The second kappa shape index (κ2) is 14.0. The summed E-state index contributed by atoms with van der Waals surface area (Å²) in [7, 11) is 0. The summed E-state index contributed by atoms with van der Waals surface area (Å²) in [6.45, 7) is 19.0. The molecule has 11 heteroatoms. The molecule has 0 heterocycles. The van der Waals surface area contributed by atoms with Crippen LogP contribution in [0.4, 0.5) is 0 Å². The fourth-order valence-electron chi connectivity index (χ4n) is 5.98. The number of carbonyl (C=O) groups excluding carboxylic acids is 6. The van der Waals surface area contributed by atoms with E-state index in [-0.39, 0.29) is 12.0 Å². The Balaban J connectivity index is 3.07. The van der Waals surface area contributed by atoms with Gasteiger partial charge in [-0.05, 0) is 33.1 Å². The van der Waals surface area contributed by atoms with Gasteiger partial charge >= 0.3 is 23.9 Å². The number of Topliss-reactive ketones (excluding diaryl/α,β-unsaturated/α-hetero) is 2. The minimum absolute atomic E-state index is 0.0649. The number of hydrogen-bond donors (Lipinski definition) is 0. The van der Waals surface area contributed by atoms with Crippen LogP contribution in [0.15, 0.2) is 24.3 Å². The molecule has 1 saturated carbocycles. The van der Waals surface area contributed by atoms with Crippen molar-refractivity contribution in [3.8, 4) is 0 Å². The van der Waals surface area contributed by atoms with Gasteiger partial charge in [-0.15, -0.1) is 0 Å². The summed E-state index contributed by atoms with van der Waals surface area (Å²) in [5.74, 6) is -6.80. The van der Waals surface area contributed by atoms with Crippen molar-refractivity contribution < 1.29 is 52.5 Å². The fraction of sp³-hybridized carbons (Fsp3) is 0.688. The lowest BCUT2D eigenvalue weighted by atomic mass is 9.72. The zero-order chi connectivity index (χ0) is 33.0. The summed E-state index contributed by atoms with van der Waals surface area (Å²) in [6, 6.07) is 0. The molecular formula is C32H46O11. The Morgan fingerprint density at radius 2 is 1.42 bits per heavy atom. The van der Waals surface area contributed by atoms with Crippen molar-refractivity contribution in [1.29, 1.82) is 0 Å². The molecule has 2 aliphatic carbocycles. The van der Waals surface area contributed by atoms with Crippen molar-refractivity contribution in [2.75, 3.05) is 0 Å². The lowest BCUT2D eigenvalue weighted by Crippen LogP contribution is -2.58. The molecule has 9 atom stereocenters. The van der Waals surface area contributed by atoms with Crippen LogP contribution < -0.4 is 0 Å². The second-order valence-electron chi connectivity index (χ2n) is 12.3. The summed E-state index contributed by atoms with van der Waals surface area (Å²) >= 11 is 0. The number of rotatable bonds is 7. The van der Waals surface area contributed by atoms with Gasteiger partial charge in [0.05, 0.1) is 12.0 Å². The van der Waals surface area contributed by atoms with Gasteiger partial charge in [0.1, 0.15) is 12.2 Å². The van der Waals surface area contributed by atoms with E-state index in [1.807, 2.05) is 6.92 Å². The minimum Gasteiger partial charge on any atom is -0.462 e. The summed E-state index contributed by atoms with van der Waals surface area (Å²) in [4.78, 5) is 78.6. The zero-order valence-corrected chi connectivity index (χ0v) is 26.9. The van der Waals surface area contributed by atoms with E-state index < -0.39 is 94.7 Å². The van der Waals surface area contributed by atoms with E-state index in [0.717, 1.165) is 20.8 Å². The van der Waals surface area contributed by atoms with Gasteiger partial charge in [0.15, 0.2) is 29.4 Å². The average Bonchev–Trinajstić information content (AvgIpc) is 3.15. The maximum atomic E-state index is 14.4. The summed E-state index contributed by atoms with van der Waals surface area (Å²) in [6.07, 6.45) is -2.40. The van der Waals surface area contributed by atoms with Crippen LogP contribution in [0.25, 0.3) is 0 Å². The molecule has 0 radical (unpaired) electrons. The van der Waals surface area contributed by atoms with Crippen LogP contribution in [-0.2, 0) is 52.5 Å². The van der Waals surface area contributed by atoms with Crippen LogP contribution in [0.3, 0.4) is 0 Å². The molecule has 0 unspecified atom stereocenters. The largest absolute Gasteiger partial charge is 0.462 e. The highest BCUT2D eigenvalue weighted by Crippen LogP contribution is 2.51. The Morgan fingerprint density at radius 1 is 0.884 bits per heavy atom. The van der Waals surface area contributed by atoms with Crippen LogP contribution in [0.1, 0.15) is 82.1 Å². The number of esters is 4. The predicted molar refractivity (Wildman–Crippen MR) is 154 cm³/mol. The monoisotopic (exact) mass is 606 g/mol. The van der Waals surface area contributed by atoms with E-state index in [1.165, 1.54) is 6.92 Å². The van der Waals surface area contributed by atoms with Crippen LogP contribution in [0.5, 0.6) is 0 Å². The van der Waals surface area contributed by atoms with Crippen LogP contribution in [-0.4, -0.2) is 71.6 Å². The van der Waals surface area contributed by atoms with Crippen molar-refractivity contribution >= 4 is 35.4 Å². The van der Waals surface area contributed by atoms with E-state index in [0.29, 0.717) is 6.42 Å². The normalized spacial score (nSPS) is 34.1. The van der Waals surface area contributed by atoms with Gasteiger partial charge in [-0.3, -0.25) is 28.8 Å². The molecule has 0 aromatic carbocycles. The summed E-state index contributed by atoms with van der Waals surface area (Å²) < 4.78 is 29.3. The van der Waals surface area contributed by atoms with E-state index in [2.05, 4.69) is 6.58 Å². The van der Waals surface area contributed by atoms with Crippen molar-refractivity contribution in [3.63, 3.8) is 0 Å². The molecule has 43 heavy (non-hydrogen) atoms. The van der Waals surface area contributed by atoms with E-state index in [1.54, 1.807) is 46.8 Å². The third kappa shape index (κ3) is 7.99. The minimum atomic E-state index is -1.95. The molecule has 2 aliphatic rings. The zero-order valence-electron chi connectivity index (χ0n) is 26.9. The lowest BCUT2D eigenvalue weighted by molar-refractivity contribution is -0.187. The molecule has 0 saturated heterocycles. The maximum Gasteiger partial charge on any atom is 0.303 e. The Morgan fingerprint density at radius 3 is 1.91 bits per heavy atom. The quantitative estimate of drug-likeness (QED) is 0.236. The molecule has 1 fully saturated rings. The topological polar surface area (TPSA) is 149 Å². The SMILES string of the molecule is C=C1[C@H](OC(C)=O)[C@H]2[C@@H](OC(C)=O)[C@@H](C)C[C@]2(OC(C)=O)C(=O)[C@H](C)/C=C/C(C)(C)C(=O)[C@H](O[C@@H](C)CC)[C@H]1OC(C)=O. The smallest absolute Gasteiger partial charge is 0.303 e. The van der Waals surface area contributed by atoms with Crippen molar-refractivity contribution in [1.82, 2.24) is 0 Å². The first-order valence-corrected chi connectivity index (χ1v) is 14.6. The number of hydrogen-bond acceptors (Lipinski definition) is 11. The van der Waals surface area contributed by atoms with Crippen LogP contribution in [0, 0.1) is 23.2 Å². The molecule has 0 aliphatic heterocycles. The standard InChI is InChI=1S/C32H46O11/c1-12-18(4)39-28-27(42-22(8)35)19(5)26(41-21(7)34)24-25(40-20(6)33)17(3)15-32(24,43-23(9)36)29(37)16(2)13-14-31(10,11)30(28)38/h13-14,16-18,24-28H,5,12,15H2,1-4,6-11H3/b14-13+/t16-,17+,18+,24-,25+,26+,27+,28-,32-/m1/s1. The molecule has 0 N–H and O–H groups in total. The van der Waals surface area contributed by atoms with Crippen LogP contribution >= 0.6 is 0 Å². The maximum absolute atomic E-state index is 14.4. The van der Waals surface area contributed by atoms with Crippen LogP contribution in [0.2, 0.25) is 0 Å². The Bertz CT molecular complexity index is 1170. The lowest BCUT2D eigenvalue weighted by Gasteiger charge is -2.43. The number of allylic oxidation sites excluding steroid dienone is 2. The number of fused-ring (bicyclic) bond motifs is 1. The molecule has 240 valence electrons. The molecule has 0 aromatic heterocycles. The van der Waals surface area contributed by atoms with E-state index in [9.17, 15) is 28.8 Å². The number of ether oxygens (including phenoxy) is 5. The highest BCUT2D eigenvalue weighted by molar-refractivity contribution is 5.95. The third-order valence-corrected chi connectivity index (χ3v) is 8.10. The van der Waals surface area contributed by atoms with Gasteiger partial charge in [0.2, 0.25) is 0 Å². The highest BCUT2D eigenvalue weighted by atomic mass is 16.6. The van der Waals surface area contributed by atoms with Crippen molar-refractivity contribution in [2.45, 2.75) is 118 Å². The molecule has 0 aromatic rings. The number of ketones is 2. The van der Waals surface area contributed by atoms with Gasteiger partial charge in [-0.25, -0.2) is 0 Å². The van der Waals surface area contributed by atoms with Gasteiger partial charge < -0.3 is 23.7 Å². The van der Waals surface area contributed by atoms with E-state index in [4.69, 9.17) is 23.7 Å². The van der Waals surface area contributed by atoms with Gasteiger partial charge in [0, 0.05) is 51.0 Å². The number of carbonyl (C=O) groups is 6. The van der Waals surface area contributed by atoms with Gasteiger partial charge in [0.25, 0.3) is 0 Å². The van der Waals surface area contributed by atoms with Crippen molar-refractivity contribution in [3.05, 3.63) is 24.3 Å². The molecule has 0 amide bonds. The molecule has 0 spiro atoms. The summed E-state index contributed by atoms with van der Waals surface area (Å²) in [5, 5.41) is 0. The molecule has 0 bridgehead atoms. The Hall–Kier alpha value is -3.34. The fourth-order valence-corrected chi connectivity index (χ4v) is 5.98. The average molecular weight is 607 g/mol.